The SMILES string of the molecule is CC(N)C1CCN(Cc2cc(Cl)cc(Cl)c2)CC1. The largest absolute Gasteiger partial charge is 0.328 e. The van der Waals surface area contributed by atoms with E-state index in [2.05, 4.69) is 11.8 Å². The molecule has 0 amide bonds. The molecular formula is C14H20Cl2N2. The van der Waals surface area contributed by atoms with Crippen molar-refractivity contribution in [2.75, 3.05) is 13.1 Å². The lowest BCUT2D eigenvalue weighted by molar-refractivity contribution is 0.166. The van der Waals surface area contributed by atoms with Gasteiger partial charge in [0, 0.05) is 22.6 Å². The standard InChI is InChI=1S/C14H20Cl2N2/c1-10(17)12-2-4-18(5-3-12)9-11-6-13(15)8-14(16)7-11/h6-8,10,12H,2-5,9,17H2,1H3. The highest BCUT2D eigenvalue weighted by Crippen LogP contribution is 2.23. The molecule has 1 fully saturated rings. The molecule has 1 aliphatic rings. The van der Waals surface area contributed by atoms with E-state index in [1.165, 1.54) is 18.4 Å². The Hall–Kier alpha value is -0.280. The van der Waals surface area contributed by atoms with Crippen LogP contribution in [0.3, 0.4) is 0 Å². The smallest absolute Gasteiger partial charge is 0.0424 e. The summed E-state index contributed by atoms with van der Waals surface area (Å²) >= 11 is 12.0. The molecule has 0 saturated carbocycles. The third kappa shape index (κ3) is 3.86. The van der Waals surface area contributed by atoms with Crippen LogP contribution >= 0.6 is 23.2 Å². The molecule has 1 aliphatic heterocycles. The minimum atomic E-state index is 0.313. The molecule has 2 nitrogen and oxygen atoms in total. The maximum atomic E-state index is 6.01. The molecule has 2 rings (SSSR count). The highest BCUT2D eigenvalue weighted by molar-refractivity contribution is 6.34. The van der Waals surface area contributed by atoms with Gasteiger partial charge in [-0.2, -0.15) is 0 Å². The Kier molecular flexibility index (Phi) is 4.91. The van der Waals surface area contributed by atoms with Crippen molar-refractivity contribution < 1.29 is 0 Å². The summed E-state index contributed by atoms with van der Waals surface area (Å²) in [5.41, 5.74) is 7.14. The number of nitrogens with two attached hydrogens (primary N) is 1. The first kappa shape index (κ1) is 14.1. The molecule has 0 bridgehead atoms. The zero-order chi connectivity index (χ0) is 13.1. The highest BCUT2D eigenvalue weighted by atomic mass is 35.5. The summed E-state index contributed by atoms with van der Waals surface area (Å²) < 4.78 is 0. The Morgan fingerprint density at radius 2 is 1.78 bits per heavy atom. The number of halogens is 2. The normalized spacial score (nSPS) is 20.0. The summed E-state index contributed by atoms with van der Waals surface area (Å²) in [7, 11) is 0. The molecule has 18 heavy (non-hydrogen) atoms. The van der Waals surface area contributed by atoms with Crippen LogP contribution in [-0.2, 0) is 6.54 Å². The van der Waals surface area contributed by atoms with Gasteiger partial charge in [0.15, 0.2) is 0 Å². The third-order valence-electron chi connectivity index (χ3n) is 3.70. The minimum absolute atomic E-state index is 0.313. The fraction of sp³-hybridized carbons (Fsp3) is 0.571. The fourth-order valence-corrected chi connectivity index (χ4v) is 3.17. The molecule has 100 valence electrons. The molecule has 0 aromatic heterocycles. The Bertz CT molecular complexity index is 379. The van der Waals surface area contributed by atoms with E-state index in [1.54, 1.807) is 6.07 Å². The lowest BCUT2D eigenvalue weighted by Crippen LogP contribution is -2.39. The van der Waals surface area contributed by atoms with Crippen LogP contribution < -0.4 is 5.73 Å². The van der Waals surface area contributed by atoms with Gasteiger partial charge in [-0.05, 0) is 62.5 Å². The van der Waals surface area contributed by atoms with E-state index in [0.717, 1.165) is 19.6 Å². The second-order valence-corrected chi connectivity index (χ2v) is 6.12. The number of hydrogen-bond acceptors (Lipinski definition) is 2. The molecule has 4 heteroatoms. The average Bonchev–Trinajstić information content (AvgIpc) is 2.28. The van der Waals surface area contributed by atoms with Crippen molar-refractivity contribution in [1.29, 1.82) is 0 Å². The van der Waals surface area contributed by atoms with Gasteiger partial charge in [-0.25, -0.2) is 0 Å². The first-order valence-corrected chi connectivity index (χ1v) is 7.23. The van der Waals surface area contributed by atoms with E-state index in [4.69, 9.17) is 28.9 Å². The van der Waals surface area contributed by atoms with Gasteiger partial charge in [-0.15, -0.1) is 0 Å². The van der Waals surface area contributed by atoms with Crippen LogP contribution in [0.2, 0.25) is 10.0 Å². The Morgan fingerprint density at radius 1 is 1.22 bits per heavy atom. The second-order valence-electron chi connectivity index (χ2n) is 5.25. The fourth-order valence-electron chi connectivity index (χ4n) is 2.60. The summed E-state index contributed by atoms with van der Waals surface area (Å²) in [5, 5.41) is 1.42. The predicted molar refractivity (Wildman–Crippen MR) is 78.1 cm³/mol. The minimum Gasteiger partial charge on any atom is -0.328 e. The summed E-state index contributed by atoms with van der Waals surface area (Å²) in [6.07, 6.45) is 2.37. The maximum Gasteiger partial charge on any atom is 0.0424 e. The molecule has 1 unspecified atom stereocenters. The lowest BCUT2D eigenvalue weighted by atomic mass is 9.91. The third-order valence-corrected chi connectivity index (χ3v) is 4.14. The summed E-state index contributed by atoms with van der Waals surface area (Å²) in [5.74, 6) is 0.671. The van der Waals surface area contributed by atoms with Crippen LogP contribution in [0.5, 0.6) is 0 Å². The maximum absolute atomic E-state index is 6.01. The van der Waals surface area contributed by atoms with Crippen molar-refractivity contribution in [3.8, 4) is 0 Å². The summed E-state index contributed by atoms with van der Waals surface area (Å²) in [6.45, 7) is 5.25. The van der Waals surface area contributed by atoms with Gasteiger partial charge in [-0.3, -0.25) is 4.90 Å². The molecule has 1 aromatic carbocycles. The monoisotopic (exact) mass is 286 g/mol. The summed E-state index contributed by atoms with van der Waals surface area (Å²) in [4.78, 5) is 2.45. The number of benzene rings is 1. The predicted octanol–water partition coefficient (Wildman–Crippen LogP) is 3.55. The zero-order valence-electron chi connectivity index (χ0n) is 10.7. The topological polar surface area (TPSA) is 29.3 Å². The molecule has 0 spiro atoms. The van der Waals surface area contributed by atoms with Crippen molar-refractivity contribution in [2.24, 2.45) is 11.7 Å². The Balaban J connectivity index is 1.91. The van der Waals surface area contributed by atoms with Gasteiger partial charge in [0.05, 0.1) is 0 Å². The van der Waals surface area contributed by atoms with Gasteiger partial charge in [0.2, 0.25) is 0 Å². The van der Waals surface area contributed by atoms with E-state index in [-0.39, 0.29) is 0 Å². The van der Waals surface area contributed by atoms with Crippen LogP contribution in [0, 0.1) is 5.92 Å². The number of nitrogens with zero attached hydrogens (tertiary/aromatic N) is 1. The first-order valence-electron chi connectivity index (χ1n) is 6.47. The molecule has 0 aliphatic carbocycles. The van der Waals surface area contributed by atoms with Crippen LogP contribution in [0.4, 0.5) is 0 Å². The van der Waals surface area contributed by atoms with Gasteiger partial charge < -0.3 is 5.73 Å². The number of hydrogen-bond donors (Lipinski definition) is 1. The van der Waals surface area contributed by atoms with Crippen molar-refractivity contribution >= 4 is 23.2 Å². The van der Waals surface area contributed by atoms with Crippen molar-refractivity contribution in [1.82, 2.24) is 4.90 Å². The zero-order valence-corrected chi connectivity index (χ0v) is 12.2. The molecule has 2 N–H and O–H groups in total. The average molecular weight is 287 g/mol. The van der Waals surface area contributed by atoms with Crippen molar-refractivity contribution in [2.45, 2.75) is 32.4 Å². The Labute approximate surface area is 119 Å². The molecule has 0 radical (unpaired) electrons. The van der Waals surface area contributed by atoms with Crippen LogP contribution in [0.1, 0.15) is 25.3 Å². The van der Waals surface area contributed by atoms with E-state index < -0.39 is 0 Å². The number of rotatable bonds is 3. The van der Waals surface area contributed by atoms with Crippen LogP contribution in [0.25, 0.3) is 0 Å². The van der Waals surface area contributed by atoms with E-state index in [9.17, 15) is 0 Å². The van der Waals surface area contributed by atoms with E-state index in [0.29, 0.717) is 22.0 Å². The van der Waals surface area contributed by atoms with Gasteiger partial charge in [0.25, 0.3) is 0 Å². The van der Waals surface area contributed by atoms with Crippen LogP contribution in [-0.4, -0.2) is 24.0 Å². The Morgan fingerprint density at radius 3 is 2.28 bits per heavy atom. The highest BCUT2D eigenvalue weighted by Gasteiger charge is 2.21. The van der Waals surface area contributed by atoms with Crippen LogP contribution in [0.15, 0.2) is 18.2 Å². The van der Waals surface area contributed by atoms with Gasteiger partial charge >= 0.3 is 0 Å². The second kappa shape index (κ2) is 6.25. The van der Waals surface area contributed by atoms with Crippen molar-refractivity contribution in [3.05, 3.63) is 33.8 Å². The first-order chi connectivity index (χ1) is 8.54. The quantitative estimate of drug-likeness (QED) is 0.921. The summed E-state index contributed by atoms with van der Waals surface area (Å²) in [6, 6.07) is 6.07. The molecule has 1 heterocycles. The van der Waals surface area contributed by atoms with E-state index >= 15 is 0 Å². The van der Waals surface area contributed by atoms with Gasteiger partial charge in [0.1, 0.15) is 0 Å². The number of piperidine rings is 1. The van der Waals surface area contributed by atoms with Crippen molar-refractivity contribution in [3.63, 3.8) is 0 Å². The molecule has 1 atom stereocenters. The van der Waals surface area contributed by atoms with E-state index in [1.807, 2.05) is 12.1 Å². The molecular weight excluding hydrogens is 267 g/mol. The lowest BCUT2D eigenvalue weighted by Gasteiger charge is -2.33. The van der Waals surface area contributed by atoms with Gasteiger partial charge in [-0.1, -0.05) is 23.2 Å². The molecule has 1 aromatic rings. The number of likely N-dealkylation sites (tertiary alicyclic amines) is 1. The molecule has 1 saturated heterocycles.